The van der Waals surface area contributed by atoms with Crippen molar-refractivity contribution >= 4 is 23.9 Å². The van der Waals surface area contributed by atoms with Gasteiger partial charge in [0.15, 0.2) is 5.79 Å². The third-order valence-electron chi connectivity index (χ3n) is 7.51. The summed E-state index contributed by atoms with van der Waals surface area (Å²) in [7, 11) is 0. The van der Waals surface area contributed by atoms with Gasteiger partial charge in [-0.3, -0.25) is 4.79 Å². The Balaban J connectivity index is 1.99. The molecule has 8 atom stereocenters. The fraction of sp³-hybridized carbons (Fsp3) is 0.571. The van der Waals surface area contributed by atoms with Crippen LogP contribution in [-0.2, 0) is 44.5 Å². The van der Waals surface area contributed by atoms with E-state index in [1.807, 2.05) is 37.3 Å². The quantitative estimate of drug-likeness (QED) is 0.155. The topological polar surface area (TPSA) is 206 Å². The zero-order chi connectivity index (χ0) is 30.8. The van der Waals surface area contributed by atoms with Gasteiger partial charge >= 0.3 is 23.9 Å². The summed E-state index contributed by atoms with van der Waals surface area (Å²) in [5.41, 5.74) is -5.66. The number of hydrogen-bond donors (Lipinski definition) is 5. The molecule has 1 aromatic rings. The van der Waals surface area contributed by atoms with Crippen LogP contribution in [0.3, 0.4) is 0 Å². The molecule has 2 fully saturated rings. The van der Waals surface area contributed by atoms with Gasteiger partial charge in [0, 0.05) is 25.9 Å². The number of aliphatic hydroxyl groups excluding tert-OH is 1. The van der Waals surface area contributed by atoms with E-state index in [1.165, 1.54) is 6.92 Å². The van der Waals surface area contributed by atoms with Crippen LogP contribution in [0.25, 0.3) is 0 Å². The van der Waals surface area contributed by atoms with Crippen molar-refractivity contribution in [3.8, 4) is 0 Å². The molecule has 1 aromatic carbocycles. The maximum atomic E-state index is 12.7. The number of rotatable bonds is 14. The molecular formula is C28H36O13. The summed E-state index contributed by atoms with van der Waals surface area (Å²) in [4.78, 5) is 49.0. The molecule has 0 saturated carbocycles. The van der Waals surface area contributed by atoms with Crippen molar-refractivity contribution < 1.29 is 63.7 Å². The van der Waals surface area contributed by atoms with Gasteiger partial charge in [-0.1, -0.05) is 50.8 Å². The molecule has 3 rings (SSSR count). The third kappa shape index (κ3) is 5.60. The molecule has 0 aliphatic carbocycles. The predicted molar refractivity (Wildman–Crippen MR) is 139 cm³/mol. The third-order valence-corrected chi connectivity index (χ3v) is 7.51. The van der Waals surface area contributed by atoms with E-state index in [1.54, 1.807) is 6.92 Å². The molecular weight excluding hydrogens is 544 g/mol. The smallest absolute Gasteiger partial charge is 0.343 e. The van der Waals surface area contributed by atoms with Crippen LogP contribution in [0.1, 0.15) is 45.6 Å². The second-order valence-corrected chi connectivity index (χ2v) is 10.5. The summed E-state index contributed by atoms with van der Waals surface area (Å²) in [6.07, 6.45) is -7.34. The molecule has 2 unspecified atom stereocenters. The van der Waals surface area contributed by atoms with Gasteiger partial charge in [-0.2, -0.15) is 0 Å². The molecule has 2 bridgehead atoms. The maximum absolute atomic E-state index is 12.7. The van der Waals surface area contributed by atoms with Crippen molar-refractivity contribution in [1.82, 2.24) is 0 Å². The Morgan fingerprint density at radius 2 is 1.73 bits per heavy atom. The molecule has 2 heterocycles. The van der Waals surface area contributed by atoms with Crippen LogP contribution in [0.4, 0.5) is 0 Å². The van der Waals surface area contributed by atoms with Gasteiger partial charge in [-0.05, 0) is 30.4 Å². The summed E-state index contributed by atoms with van der Waals surface area (Å²) in [5, 5.41) is 52.4. The molecule has 0 radical (unpaired) electrons. The van der Waals surface area contributed by atoms with Gasteiger partial charge in [0.1, 0.15) is 18.3 Å². The minimum atomic E-state index is -3.69. The first kappa shape index (κ1) is 32.2. The maximum Gasteiger partial charge on any atom is 0.343 e. The van der Waals surface area contributed by atoms with Gasteiger partial charge in [0.2, 0.25) is 17.3 Å². The molecule has 2 aliphatic rings. The lowest BCUT2D eigenvalue weighted by Gasteiger charge is -2.49. The average molecular weight is 581 g/mol. The van der Waals surface area contributed by atoms with Gasteiger partial charge in [0.05, 0.1) is 0 Å². The minimum Gasteiger partial charge on any atom is -0.479 e. The highest BCUT2D eigenvalue weighted by atomic mass is 16.8. The number of aliphatic hydroxyl groups is 2. The van der Waals surface area contributed by atoms with Crippen molar-refractivity contribution in [2.45, 2.75) is 87.9 Å². The summed E-state index contributed by atoms with van der Waals surface area (Å²) in [6, 6.07) is 9.38. The van der Waals surface area contributed by atoms with Gasteiger partial charge < -0.3 is 44.5 Å². The Hall–Kier alpha value is -3.36. The number of esters is 1. The van der Waals surface area contributed by atoms with Crippen LogP contribution in [0.2, 0.25) is 0 Å². The lowest BCUT2D eigenvalue weighted by atomic mass is 9.74. The zero-order valence-corrected chi connectivity index (χ0v) is 23.0. The van der Waals surface area contributed by atoms with Crippen LogP contribution in [0.5, 0.6) is 0 Å². The highest BCUT2D eigenvalue weighted by Gasteiger charge is 2.85. The van der Waals surface area contributed by atoms with E-state index < -0.39 is 71.7 Å². The van der Waals surface area contributed by atoms with E-state index >= 15 is 0 Å². The van der Waals surface area contributed by atoms with E-state index in [-0.39, 0.29) is 18.9 Å². The summed E-state index contributed by atoms with van der Waals surface area (Å²) in [6.45, 7) is 8.55. The molecule has 5 N–H and O–H groups in total. The van der Waals surface area contributed by atoms with E-state index in [2.05, 4.69) is 6.58 Å². The Morgan fingerprint density at radius 3 is 2.24 bits per heavy atom. The number of hydrogen-bond acceptors (Lipinski definition) is 10. The first-order valence-electron chi connectivity index (χ1n) is 13.2. The molecule has 2 saturated heterocycles. The molecule has 13 heteroatoms. The first-order valence-corrected chi connectivity index (χ1v) is 13.2. The molecule has 0 amide bonds. The fourth-order valence-corrected chi connectivity index (χ4v) is 5.60. The van der Waals surface area contributed by atoms with Crippen LogP contribution in [-0.4, -0.2) is 97.4 Å². The van der Waals surface area contributed by atoms with Crippen molar-refractivity contribution in [2.75, 3.05) is 6.61 Å². The zero-order valence-electron chi connectivity index (χ0n) is 23.0. The summed E-state index contributed by atoms with van der Waals surface area (Å²) >= 11 is 0. The Labute approximate surface area is 236 Å². The van der Waals surface area contributed by atoms with Crippen molar-refractivity contribution in [1.29, 1.82) is 0 Å². The number of carboxylic acid groups (broad SMARTS) is 3. The SMILES string of the molecule is C=C(CC[C@@]12O[C@H](C(=O)O)[C@@](O)(C(=O)O)[C@@](C(=O)O)(O1)[C@H](OCCC)[C@H]2O)C(OC(C)=O)C(C)Cc1ccccc1. The van der Waals surface area contributed by atoms with E-state index in [0.29, 0.717) is 18.4 Å². The molecule has 2 aliphatic heterocycles. The predicted octanol–water partition coefficient (Wildman–Crippen LogP) is 1.14. The Kier molecular flexibility index (Phi) is 9.61. The molecule has 0 spiro atoms. The number of carbonyl (C=O) groups excluding carboxylic acids is 1. The van der Waals surface area contributed by atoms with Crippen LogP contribution in [0, 0.1) is 5.92 Å². The van der Waals surface area contributed by atoms with E-state index in [9.17, 15) is 44.7 Å². The monoisotopic (exact) mass is 580 g/mol. The van der Waals surface area contributed by atoms with E-state index in [4.69, 9.17) is 18.9 Å². The second-order valence-electron chi connectivity index (χ2n) is 10.5. The number of benzene rings is 1. The summed E-state index contributed by atoms with van der Waals surface area (Å²) < 4.78 is 22.2. The fourth-order valence-electron chi connectivity index (χ4n) is 5.60. The summed E-state index contributed by atoms with van der Waals surface area (Å²) in [5.74, 6) is -9.62. The van der Waals surface area contributed by atoms with Crippen molar-refractivity contribution in [3.05, 3.63) is 48.0 Å². The number of aliphatic carboxylic acids is 3. The first-order chi connectivity index (χ1) is 19.2. The molecule has 226 valence electrons. The van der Waals surface area contributed by atoms with E-state index in [0.717, 1.165) is 5.56 Å². The molecule has 0 aromatic heterocycles. The standard InChI is InChI=1S/C28H36O13/c1-5-13-38-21-20(30)26(40-22(23(31)32)27(37,24(33)34)28(21,41-26)25(35)36)12-11-15(2)19(39-17(4)29)16(3)14-18-9-7-6-8-10-18/h6-10,16,19-22,30,37H,2,5,11-14H2,1,3-4H3,(H,31,32)(H,33,34)(H,35,36)/t16?,19?,20-,21-,22-,26-,27-,28-/m1/s1. The lowest BCUT2D eigenvalue weighted by Crippen LogP contribution is -2.78. The number of carboxylic acids is 3. The van der Waals surface area contributed by atoms with Gasteiger partial charge in [-0.15, -0.1) is 0 Å². The molecule has 13 nitrogen and oxygen atoms in total. The largest absolute Gasteiger partial charge is 0.479 e. The number of fused-ring (bicyclic) bond motifs is 2. The lowest BCUT2D eigenvalue weighted by molar-refractivity contribution is -0.374. The normalized spacial score (nSPS) is 32.1. The van der Waals surface area contributed by atoms with Crippen LogP contribution >= 0.6 is 0 Å². The Morgan fingerprint density at radius 1 is 1.10 bits per heavy atom. The van der Waals surface area contributed by atoms with Gasteiger partial charge in [-0.25, -0.2) is 14.4 Å². The van der Waals surface area contributed by atoms with Gasteiger partial charge in [0.25, 0.3) is 0 Å². The highest BCUT2D eigenvalue weighted by molar-refractivity contribution is 5.97. The number of carbonyl (C=O) groups is 4. The number of ether oxygens (including phenoxy) is 4. The highest BCUT2D eigenvalue weighted by Crippen LogP contribution is 2.55. The van der Waals surface area contributed by atoms with Crippen molar-refractivity contribution in [3.63, 3.8) is 0 Å². The average Bonchev–Trinajstić information content (AvgIpc) is 3.13. The minimum absolute atomic E-state index is 0.137. The second kappa shape index (κ2) is 12.2. The Bertz CT molecular complexity index is 1170. The van der Waals surface area contributed by atoms with Crippen LogP contribution in [0.15, 0.2) is 42.5 Å². The van der Waals surface area contributed by atoms with Crippen LogP contribution < -0.4 is 0 Å². The van der Waals surface area contributed by atoms with Crippen molar-refractivity contribution in [2.24, 2.45) is 5.92 Å². The molecule has 41 heavy (non-hydrogen) atoms.